The van der Waals surface area contributed by atoms with E-state index in [0.29, 0.717) is 11.6 Å². The van der Waals surface area contributed by atoms with Crippen molar-refractivity contribution >= 4 is 33.4 Å². The maximum absolute atomic E-state index is 10.9. The number of ether oxygens (including phenoxy) is 1. The highest BCUT2D eigenvalue weighted by molar-refractivity contribution is 9.10. The zero-order valence-corrected chi connectivity index (χ0v) is 10.1. The van der Waals surface area contributed by atoms with Gasteiger partial charge in [-0.05, 0) is 22.0 Å². The van der Waals surface area contributed by atoms with Gasteiger partial charge in [0.15, 0.2) is 0 Å². The Kier molecular flexibility index (Phi) is 3.29. The van der Waals surface area contributed by atoms with Gasteiger partial charge in [-0.3, -0.25) is 4.79 Å². The lowest BCUT2D eigenvalue weighted by atomic mass is 10.1. The lowest BCUT2D eigenvalue weighted by Gasteiger charge is -2.24. The first-order valence-corrected chi connectivity index (χ1v) is 5.68. The molecular weight excluding hydrogens is 281 g/mol. The van der Waals surface area contributed by atoms with Crippen LogP contribution in [0.15, 0.2) is 22.7 Å². The third-order valence-electron chi connectivity index (χ3n) is 2.23. The van der Waals surface area contributed by atoms with Crippen LogP contribution in [0.5, 0.6) is 0 Å². The van der Waals surface area contributed by atoms with E-state index < -0.39 is 0 Å². The summed E-state index contributed by atoms with van der Waals surface area (Å²) in [4.78, 5) is 10.9. The molecule has 0 spiro atoms. The fourth-order valence-corrected chi connectivity index (χ4v) is 2.09. The quantitative estimate of drug-likeness (QED) is 0.862. The van der Waals surface area contributed by atoms with E-state index in [4.69, 9.17) is 16.3 Å². The summed E-state index contributed by atoms with van der Waals surface area (Å²) >= 11 is 9.47. The lowest BCUT2D eigenvalue weighted by molar-refractivity contribution is -0.133. The second kappa shape index (κ2) is 4.51. The van der Waals surface area contributed by atoms with Crippen LogP contribution in [-0.2, 0) is 9.53 Å². The minimum Gasteiger partial charge on any atom is -0.362 e. The third kappa shape index (κ3) is 2.33. The number of amides is 1. The normalized spacial score (nSPS) is 21.2. The van der Waals surface area contributed by atoms with Gasteiger partial charge in [0.05, 0.1) is 5.02 Å². The number of halogens is 2. The van der Waals surface area contributed by atoms with Crippen molar-refractivity contribution in [2.24, 2.45) is 0 Å². The zero-order valence-electron chi connectivity index (χ0n) is 7.80. The summed E-state index contributed by atoms with van der Waals surface area (Å²) in [7, 11) is 0. The van der Waals surface area contributed by atoms with Gasteiger partial charge < -0.3 is 10.1 Å². The van der Waals surface area contributed by atoms with Crippen LogP contribution in [0.1, 0.15) is 11.7 Å². The van der Waals surface area contributed by atoms with Gasteiger partial charge in [0.1, 0.15) is 12.7 Å². The van der Waals surface area contributed by atoms with Crippen LogP contribution in [0.4, 0.5) is 0 Å². The van der Waals surface area contributed by atoms with Crippen LogP contribution in [0.2, 0.25) is 5.02 Å². The highest BCUT2D eigenvalue weighted by atomic mass is 79.9. The topological polar surface area (TPSA) is 38.3 Å². The number of hydrogen-bond donors (Lipinski definition) is 1. The summed E-state index contributed by atoms with van der Waals surface area (Å²) in [6.45, 7) is 0.558. The molecule has 5 heteroatoms. The Balaban J connectivity index is 2.22. The number of carbonyl (C=O) groups is 1. The van der Waals surface area contributed by atoms with Gasteiger partial charge in [-0.25, -0.2) is 0 Å². The van der Waals surface area contributed by atoms with Crippen LogP contribution in [-0.4, -0.2) is 19.1 Å². The first-order valence-electron chi connectivity index (χ1n) is 4.50. The predicted molar refractivity (Wildman–Crippen MR) is 60.9 cm³/mol. The van der Waals surface area contributed by atoms with E-state index in [1.54, 1.807) is 0 Å². The van der Waals surface area contributed by atoms with Crippen molar-refractivity contribution in [3.05, 3.63) is 33.3 Å². The van der Waals surface area contributed by atoms with Crippen molar-refractivity contribution in [1.82, 2.24) is 5.32 Å². The second-order valence-corrected chi connectivity index (χ2v) is 4.48. The minimum atomic E-state index is -0.160. The number of carbonyl (C=O) groups excluding carboxylic acids is 1. The fourth-order valence-electron chi connectivity index (χ4n) is 1.46. The molecule has 1 heterocycles. The SMILES string of the molecule is O=C1COC(c2cccc(Br)c2Cl)CN1. The summed E-state index contributed by atoms with van der Waals surface area (Å²) < 4.78 is 6.23. The molecule has 1 saturated heterocycles. The molecule has 1 N–H and O–H groups in total. The molecule has 80 valence electrons. The summed E-state index contributed by atoms with van der Waals surface area (Å²) in [6.07, 6.45) is -0.160. The monoisotopic (exact) mass is 289 g/mol. The zero-order chi connectivity index (χ0) is 10.8. The maximum atomic E-state index is 10.9. The Morgan fingerprint density at radius 1 is 1.53 bits per heavy atom. The minimum absolute atomic E-state index is 0.0858. The molecule has 3 nitrogen and oxygen atoms in total. The van der Waals surface area contributed by atoms with E-state index in [1.807, 2.05) is 18.2 Å². The number of nitrogens with one attached hydrogen (secondary N) is 1. The van der Waals surface area contributed by atoms with Crippen LogP contribution < -0.4 is 5.32 Å². The Labute approximate surface area is 101 Å². The number of hydrogen-bond acceptors (Lipinski definition) is 2. The molecule has 1 aliphatic heterocycles. The van der Waals surface area contributed by atoms with Gasteiger partial charge in [0, 0.05) is 16.6 Å². The molecular formula is C10H9BrClNO2. The average Bonchev–Trinajstić information content (AvgIpc) is 2.24. The second-order valence-electron chi connectivity index (χ2n) is 3.25. The van der Waals surface area contributed by atoms with Gasteiger partial charge >= 0.3 is 0 Å². The van der Waals surface area contributed by atoms with Crippen molar-refractivity contribution < 1.29 is 9.53 Å². The molecule has 1 amide bonds. The molecule has 1 aromatic rings. The van der Waals surface area contributed by atoms with Gasteiger partial charge in [-0.2, -0.15) is 0 Å². The van der Waals surface area contributed by atoms with E-state index in [1.165, 1.54) is 0 Å². The number of morpholine rings is 1. The van der Waals surface area contributed by atoms with Gasteiger partial charge in [-0.1, -0.05) is 23.7 Å². The first kappa shape index (κ1) is 10.9. The molecule has 0 aromatic heterocycles. The average molecular weight is 291 g/mol. The molecule has 0 radical (unpaired) electrons. The Hall–Kier alpha value is -0.580. The van der Waals surface area contributed by atoms with E-state index >= 15 is 0 Å². The molecule has 0 aliphatic carbocycles. The molecule has 1 aliphatic rings. The molecule has 1 atom stereocenters. The number of benzene rings is 1. The van der Waals surface area contributed by atoms with E-state index in [9.17, 15) is 4.79 Å². The van der Waals surface area contributed by atoms with Gasteiger partial charge in [0.2, 0.25) is 5.91 Å². The first-order chi connectivity index (χ1) is 7.18. The Morgan fingerprint density at radius 3 is 3.00 bits per heavy atom. The van der Waals surface area contributed by atoms with Crippen LogP contribution in [0, 0.1) is 0 Å². The van der Waals surface area contributed by atoms with Crippen LogP contribution >= 0.6 is 27.5 Å². The molecule has 0 bridgehead atoms. The lowest BCUT2D eigenvalue weighted by Crippen LogP contribution is -2.38. The van der Waals surface area contributed by atoms with Crippen molar-refractivity contribution in [2.75, 3.05) is 13.2 Å². The molecule has 15 heavy (non-hydrogen) atoms. The smallest absolute Gasteiger partial charge is 0.246 e. The van der Waals surface area contributed by atoms with Crippen LogP contribution in [0.3, 0.4) is 0 Å². The summed E-state index contributed by atoms with van der Waals surface area (Å²) in [5.74, 6) is -0.0858. The summed E-state index contributed by atoms with van der Waals surface area (Å²) in [5.41, 5.74) is 0.894. The number of rotatable bonds is 1. The van der Waals surface area contributed by atoms with E-state index in [2.05, 4.69) is 21.2 Å². The van der Waals surface area contributed by atoms with Crippen molar-refractivity contribution in [1.29, 1.82) is 0 Å². The Morgan fingerprint density at radius 2 is 2.33 bits per heavy atom. The highest BCUT2D eigenvalue weighted by Crippen LogP contribution is 2.32. The van der Waals surface area contributed by atoms with E-state index in [-0.39, 0.29) is 18.6 Å². The third-order valence-corrected chi connectivity index (χ3v) is 3.54. The van der Waals surface area contributed by atoms with Gasteiger partial charge in [-0.15, -0.1) is 0 Å². The standard InChI is InChI=1S/C10H9BrClNO2/c11-7-3-1-2-6(10(7)12)8-4-13-9(14)5-15-8/h1-3,8H,4-5H2,(H,13,14). The maximum Gasteiger partial charge on any atom is 0.246 e. The van der Waals surface area contributed by atoms with Crippen molar-refractivity contribution in [2.45, 2.75) is 6.10 Å². The fraction of sp³-hybridized carbons (Fsp3) is 0.300. The Bertz CT molecular complexity index is 387. The van der Waals surface area contributed by atoms with E-state index in [0.717, 1.165) is 10.0 Å². The molecule has 0 saturated carbocycles. The molecule has 1 unspecified atom stereocenters. The van der Waals surface area contributed by atoms with Gasteiger partial charge in [0.25, 0.3) is 0 Å². The van der Waals surface area contributed by atoms with Crippen molar-refractivity contribution in [3.63, 3.8) is 0 Å². The summed E-state index contributed by atoms with van der Waals surface area (Å²) in [6, 6.07) is 5.66. The van der Waals surface area contributed by atoms with Crippen LogP contribution in [0.25, 0.3) is 0 Å². The molecule has 1 fully saturated rings. The highest BCUT2D eigenvalue weighted by Gasteiger charge is 2.22. The molecule has 1 aromatic carbocycles. The van der Waals surface area contributed by atoms with Crippen molar-refractivity contribution in [3.8, 4) is 0 Å². The molecule has 2 rings (SSSR count). The predicted octanol–water partition coefficient (Wildman–Crippen LogP) is 2.29. The largest absolute Gasteiger partial charge is 0.362 e. The summed E-state index contributed by atoms with van der Waals surface area (Å²) in [5, 5.41) is 3.38.